The number of anilines is 1. The zero-order valence-electron chi connectivity index (χ0n) is 11.5. The van der Waals surface area contributed by atoms with Gasteiger partial charge in [0.15, 0.2) is 0 Å². The summed E-state index contributed by atoms with van der Waals surface area (Å²) >= 11 is 5.83. The van der Waals surface area contributed by atoms with E-state index < -0.39 is 10.8 Å². The van der Waals surface area contributed by atoms with E-state index >= 15 is 0 Å². The van der Waals surface area contributed by atoms with Gasteiger partial charge in [-0.25, -0.2) is 0 Å². The van der Waals surface area contributed by atoms with Crippen LogP contribution in [0.3, 0.4) is 0 Å². The van der Waals surface area contributed by atoms with Crippen LogP contribution in [0.1, 0.15) is 30.1 Å². The second-order valence-electron chi connectivity index (χ2n) is 4.87. The summed E-state index contributed by atoms with van der Waals surface area (Å²) < 4.78 is 5.40. The van der Waals surface area contributed by atoms with Crippen molar-refractivity contribution in [1.82, 2.24) is 5.32 Å². The lowest BCUT2D eigenvalue weighted by atomic mass is 9.89. The Morgan fingerprint density at radius 3 is 2.81 bits per heavy atom. The predicted molar refractivity (Wildman–Crippen MR) is 78.4 cm³/mol. The molecule has 1 aliphatic carbocycles. The fraction of sp³-hybridized carbons (Fsp3) is 0.462. The van der Waals surface area contributed by atoms with E-state index in [1.54, 1.807) is 0 Å². The Labute approximate surface area is 126 Å². The Bertz CT molecular complexity index is 573. The van der Waals surface area contributed by atoms with Crippen molar-refractivity contribution < 1.29 is 14.5 Å². The molecule has 1 saturated carbocycles. The number of hydrogen-bond donors (Lipinski definition) is 2. The van der Waals surface area contributed by atoms with Gasteiger partial charge in [-0.2, -0.15) is 0 Å². The molecule has 0 saturated heterocycles. The number of nitro groups is 1. The number of carbonyl (C=O) groups is 1. The Morgan fingerprint density at radius 2 is 2.24 bits per heavy atom. The minimum atomic E-state index is -0.660. The average Bonchev–Trinajstić information content (AvgIpc) is 2.38. The second kappa shape index (κ2) is 6.28. The lowest BCUT2D eigenvalue weighted by molar-refractivity contribution is -0.383. The van der Waals surface area contributed by atoms with Crippen LogP contribution >= 0.6 is 11.6 Å². The number of nitrogen functional groups attached to an aromatic ring is 1. The number of hydrogen-bond acceptors (Lipinski definition) is 5. The molecule has 1 aromatic carbocycles. The molecule has 2 rings (SSSR count). The van der Waals surface area contributed by atoms with Gasteiger partial charge >= 0.3 is 0 Å². The van der Waals surface area contributed by atoms with Crippen molar-refractivity contribution in [2.45, 2.75) is 31.9 Å². The molecule has 8 heteroatoms. The minimum Gasteiger partial charge on any atom is -0.392 e. The topological polar surface area (TPSA) is 107 Å². The van der Waals surface area contributed by atoms with Crippen LogP contribution < -0.4 is 11.1 Å². The van der Waals surface area contributed by atoms with E-state index in [2.05, 4.69) is 5.32 Å². The maximum atomic E-state index is 12.1. The van der Waals surface area contributed by atoms with Gasteiger partial charge in [-0.05, 0) is 25.8 Å². The standard InChI is InChI=1S/C13H16ClN3O4/c1-2-21-9-5-8(6-9)16-13(18)7-3-10(14)12(15)11(4-7)17(19)20/h3-4,8-9H,2,5-6,15H2,1H3,(H,16,18). The van der Waals surface area contributed by atoms with E-state index in [1.807, 2.05) is 6.92 Å². The first kappa shape index (κ1) is 15.5. The number of amides is 1. The monoisotopic (exact) mass is 313 g/mol. The number of nitrogens with two attached hydrogens (primary N) is 1. The maximum absolute atomic E-state index is 12.1. The SMILES string of the molecule is CCOC1CC(NC(=O)c2cc(Cl)c(N)c([N+](=O)[O-])c2)C1. The molecule has 0 radical (unpaired) electrons. The molecule has 0 heterocycles. The zero-order chi connectivity index (χ0) is 15.6. The molecule has 0 bridgehead atoms. The van der Waals surface area contributed by atoms with Crippen LogP contribution in [-0.2, 0) is 4.74 Å². The van der Waals surface area contributed by atoms with E-state index in [0.717, 1.165) is 18.9 Å². The summed E-state index contributed by atoms with van der Waals surface area (Å²) in [7, 11) is 0. The predicted octanol–water partition coefficient (Wildman–Crippen LogP) is 2.13. The quantitative estimate of drug-likeness (QED) is 0.492. The van der Waals surface area contributed by atoms with E-state index in [9.17, 15) is 14.9 Å². The largest absolute Gasteiger partial charge is 0.392 e. The van der Waals surface area contributed by atoms with Gasteiger partial charge in [-0.1, -0.05) is 11.6 Å². The summed E-state index contributed by atoms with van der Waals surface area (Å²) in [4.78, 5) is 22.3. The molecule has 21 heavy (non-hydrogen) atoms. The number of nitro benzene ring substituents is 1. The normalized spacial score (nSPS) is 20.7. The summed E-state index contributed by atoms with van der Waals surface area (Å²) in [5.74, 6) is -0.403. The van der Waals surface area contributed by atoms with Gasteiger partial charge in [0.25, 0.3) is 11.6 Å². The van der Waals surface area contributed by atoms with Gasteiger partial charge in [0, 0.05) is 24.3 Å². The fourth-order valence-corrected chi connectivity index (χ4v) is 2.42. The number of rotatable bonds is 5. The van der Waals surface area contributed by atoms with Gasteiger partial charge in [0.1, 0.15) is 5.69 Å². The van der Waals surface area contributed by atoms with Gasteiger partial charge in [0.2, 0.25) is 0 Å². The summed E-state index contributed by atoms with van der Waals surface area (Å²) in [6.45, 7) is 2.56. The Balaban J connectivity index is 2.05. The van der Waals surface area contributed by atoms with Crippen LogP contribution in [0.4, 0.5) is 11.4 Å². The molecular formula is C13H16ClN3O4. The molecule has 0 aromatic heterocycles. The summed E-state index contributed by atoms with van der Waals surface area (Å²) in [5.41, 5.74) is 5.14. The van der Waals surface area contributed by atoms with Crippen LogP contribution in [0.2, 0.25) is 5.02 Å². The third-order valence-electron chi connectivity index (χ3n) is 3.40. The average molecular weight is 314 g/mol. The fourth-order valence-electron chi connectivity index (χ4n) is 2.21. The lowest BCUT2D eigenvalue weighted by Gasteiger charge is -2.35. The Kier molecular flexibility index (Phi) is 4.64. The maximum Gasteiger partial charge on any atom is 0.294 e. The molecule has 7 nitrogen and oxygen atoms in total. The molecule has 0 unspecified atom stereocenters. The third kappa shape index (κ3) is 3.43. The lowest BCUT2D eigenvalue weighted by Crippen LogP contribution is -2.47. The highest BCUT2D eigenvalue weighted by atomic mass is 35.5. The molecule has 0 spiro atoms. The van der Waals surface area contributed by atoms with Crippen LogP contribution in [0, 0.1) is 10.1 Å². The number of ether oxygens (including phenoxy) is 1. The molecule has 0 atom stereocenters. The third-order valence-corrected chi connectivity index (χ3v) is 3.71. The first-order valence-electron chi connectivity index (χ1n) is 6.58. The first-order valence-corrected chi connectivity index (χ1v) is 6.96. The van der Waals surface area contributed by atoms with Crippen molar-refractivity contribution in [3.8, 4) is 0 Å². The molecule has 3 N–H and O–H groups in total. The van der Waals surface area contributed by atoms with Crippen molar-refractivity contribution in [3.63, 3.8) is 0 Å². The summed E-state index contributed by atoms with van der Waals surface area (Å²) in [5, 5.41) is 13.7. The van der Waals surface area contributed by atoms with Crippen molar-refractivity contribution in [3.05, 3.63) is 32.8 Å². The van der Waals surface area contributed by atoms with Crippen molar-refractivity contribution >= 4 is 28.9 Å². The highest BCUT2D eigenvalue weighted by Gasteiger charge is 2.31. The number of carbonyl (C=O) groups excluding carboxylic acids is 1. The van der Waals surface area contributed by atoms with Crippen LogP contribution in [-0.4, -0.2) is 29.6 Å². The van der Waals surface area contributed by atoms with Gasteiger partial charge in [-0.3, -0.25) is 14.9 Å². The number of benzene rings is 1. The van der Waals surface area contributed by atoms with Crippen LogP contribution in [0.25, 0.3) is 0 Å². The van der Waals surface area contributed by atoms with Gasteiger partial charge in [0.05, 0.1) is 16.0 Å². The Morgan fingerprint density at radius 1 is 1.57 bits per heavy atom. The van der Waals surface area contributed by atoms with Gasteiger partial charge in [-0.15, -0.1) is 0 Å². The molecular weight excluding hydrogens is 298 g/mol. The van der Waals surface area contributed by atoms with E-state index in [1.165, 1.54) is 6.07 Å². The number of halogens is 1. The first-order chi connectivity index (χ1) is 9.92. The van der Waals surface area contributed by atoms with Crippen LogP contribution in [0.5, 0.6) is 0 Å². The van der Waals surface area contributed by atoms with Crippen molar-refractivity contribution in [1.29, 1.82) is 0 Å². The number of nitrogens with one attached hydrogen (secondary N) is 1. The highest BCUT2D eigenvalue weighted by molar-refractivity contribution is 6.34. The summed E-state index contributed by atoms with van der Waals surface area (Å²) in [6, 6.07) is 2.48. The minimum absolute atomic E-state index is 0.00449. The smallest absolute Gasteiger partial charge is 0.294 e. The van der Waals surface area contributed by atoms with Crippen LogP contribution in [0.15, 0.2) is 12.1 Å². The summed E-state index contributed by atoms with van der Waals surface area (Å²) in [6.07, 6.45) is 1.65. The van der Waals surface area contributed by atoms with Crippen molar-refractivity contribution in [2.75, 3.05) is 12.3 Å². The second-order valence-corrected chi connectivity index (χ2v) is 5.27. The van der Waals surface area contributed by atoms with Crippen molar-refractivity contribution in [2.24, 2.45) is 0 Å². The molecule has 1 fully saturated rings. The van der Waals surface area contributed by atoms with E-state index in [0.29, 0.717) is 6.61 Å². The number of nitrogens with zero attached hydrogens (tertiary/aromatic N) is 1. The van der Waals surface area contributed by atoms with E-state index in [-0.39, 0.29) is 34.1 Å². The zero-order valence-corrected chi connectivity index (χ0v) is 12.2. The molecule has 1 aromatic rings. The Hall–Kier alpha value is -1.86. The van der Waals surface area contributed by atoms with E-state index in [4.69, 9.17) is 22.1 Å². The van der Waals surface area contributed by atoms with Gasteiger partial charge < -0.3 is 15.8 Å². The molecule has 0 aliphatic heterocycles. The highest BCUT2D eigenvalue weighted by Crippen LogP contribution is 2.31. The molecule has 1 aliphatic rings. The molecule has 1 amide bonds. The molecule has 114 valence electrons.